The third kappa shape index (κ3) is 2.10. The molecule has 2 rings (SSSR count). The molecule has 1 aromatic heterocycles. The van der Waals surface area contributed by atoms with Crippen LogP contribution in [0.1, 0.15) is 11.4 Å². The molecule has 0 aliphatic carbocycles. The van der Waals surface area contributed by atoms with Crippen molar-refractivity contribution in [3.63, 3.8) is 0 Å². The zero-order valence-electron chi connectivity index (χ0n) is 9.15. The number of rotatable bonds is 3. The molecule has 3 nitrogen and oxygen atoms in total. The van der Waals surface area contributed by atoms with Gasteiger partial charge in [-0.25, -0.2) is 4.98 Å². The van der Waals surface area contributed by atoms with Gasteiger partial charge in [0.05, 0.1) is 0 Å². The second-order valence-electron chi connectivity index (χ2n) is 3.69. The first-order valence-electron chi connectivity index (χ1n) is 5.21. The molecule has 0 aliphatic rings. The maximum absolute atomic E-state index is 6.10. The van der Waals surface area contributed by atoms with E-state index in [9.17, 15) is 0 Å². The van der Waals surface area contributed by atoms with Crippen molar-refractivity contribution in [3.8, 4) is 5.69 Å². The van der Waals surface area contributed by atoms with Crippen LogP contribution in [-0.4, -0.2) is 16.1 Å². The maximum Gasteiger partial charge on any atom is 0.114 e. The molecule has 0 bridgehead atoms. The topological polar surface area (TPSA) is 43.8 Å². The Morgan fingerprint density at radius 1 is 1.44 bits per heavy atom. The van der Waals surface area contributed by atoms with Gasteiger partial charge in [-0.05, 0) is 31.2 Å². The number of imidazole rings is 1. The van der Waals surface area contributed by atoms with E-state index in [1.807, 2.05) is 35.9 Å². The molecule has 16 heavy (non-hydrogen) atoms. The van der Waals surface area contributed by atoms with Crippen LogP contribution in [0.15, 0.2) is 30.6 Å². The first-order valence-corrected chi connectivity index (χ1v) is 5.59. The lowest BCUT2D eigenvalue weighted by Gasteiger charge is -2.08. The molecule has 0 saturated carbocycles. The smallest absolute Gasteiger partial charge is 0.114 e. The first kappa shape index (κ1) is 11.2. The molecule has 84 valence electrons. The molecule has 0 atom stereocenters. The summed E-state index contributed by atoms with van der Waals surface area (Å²) in [6, 6.07) is 5.98. The fraction of sp³-hybridized carbons (Fsp3) is 0.250. The zero-order chi connectivity index (χ0) is 11.5. The summed E-state index contributed by atoms with van der Waals surface area (Å²) in [5.74, 6) is 0.961. The number of aromatic nitrogens is 2. The summed E-state index contributed by atoms with van der Waals surface area (Å²) in [5.41, 5.74) is 7.64. The van der Waals surface area contributed by atoms with Crippen molar-refractivity contribution in [3.05, 3.63) is 47.0 Å². The number of hydrogen-bond acceptors (Lipinski definition) is 2. The van der Waals surface area contributed by atoms with Crippen LogP contribution in [0.5, 0.6) is 0 Å². The van der Waals surface area contributed by atoms with E-state index in [4.69, 9.17) is 17.3 Å². The Bertz CT molecular complexity index is 491. The van der Waals surface area contributed by atoms with Crippen LogP contribution in [0, 0.1) is 6.92 Å². The number of hydrogen-bond donors (Lipinski definition) is 1. The van der Waals surface area contributed by atoms with E-state index in [0.717, 1.165) is 28.5 Å². The molecule has 1 aromatic carbocycles. The second-order valence-corrected chi connectivity index (χ2v) is 4.09. The zero-order valence-corrected chi connectivity index (χ0v) is 9.91. The fourth-order valence-corrected chi connectivity index (χ4v) is 1.79. The Morgan fingerprint density at radius 2 is 2.25 bits per heavy atom. The van der Waals surface area contributed by atoms with Crippen molar-refractivity contribution in [2.24, 2.45) is 5.73 Å². The minimum atomic E-state index is 0.594. The van der Waals surface area contributed by atoms with Gasteiger partial charge in [0, 0.05) is 29.5 Å². The van der Waals surface area contributed by atoms with E-state index in [0.29, 0.717) is 6.54 Å². The average molecular weight is 236 g/mol. The highest BCUT2D eigenvalue weighted by Crippen LogP contribution is 2.20. The van der Waals surface area contributed by atoms with Crippen molar-refractivity contribution in [2.45, 2.75) is 13.3 Å². The number of benzene rings is 1. The predicted molar refractivity (Wildman–Crippen MR) is 66.1 cm³/mol. The number of halogens is 1. The van der Waals surface area contributed by atoms with Gasteiger partial charge in [0.1, 0.15) is 5.82 Å². The maximum atomic E-state index is 6.10. The third-order valence-electron chi connectivity index (χ3n) is 2.52. The van der Waals surface area contributed by atoms with Crippen LogP contribution in [0.4, 0.5) is 0 Å². The molecular formula is C12H14ClN3. The minimum Gasteiger partial charge on any atom is -0.330 e. The van der Waals surface area contributed by atoms with Gasteiger partial charge in [0.15, 0.2) is 0 Å². The number of aryl methyl sites for hydroxylation is 1. The van der Waals surface area contributed by atoms with Gasteiger partial charge in [-0.2, -0.15) is 0 Å². The van der Waals surface area contributed by atoms with Crippen molar-refractivity contribution in [2.75, 3.05) is 6.54 Å². The Morgan fingerprint density at radius 3 is 2.94 bits per heavy atom. The molecule has 2 N–H and O–H groups in total. The lowest BCUT2D eigenvalue weighted by atomic mass is 10.2. The normalized spacial score (nSPS) is 10.7. The van der Waals surface area contributed by atoms with Crippen LogP contribution in [-0.2, 0) is 6.42 Å². The number of nitrogens with zero attached hydrogens (tertiary/aromatic N) is 2. The summed E-state index contributed by atoms with van der Waals surface area (Å²) >= 11 is 6.10. The van der Waals surface area contributed by atoms with Crippen LogP contribution in [0.25, 0.3) is 5.69 Å². The van der Waals surface area contributed by atoms with E-state index in [2.05, 4.69) is 4.98 Å². The Kier molecular flexibility index (Phi) is 3.27. The molecule has 0 fully saturated rings. The van der Waals surface area contributed by atoms with Crippen LogP contribution < -0.4 is 5.73 Å². The Balaban J connectivity index is 2.42. The highest BCUT2D eigenvalue weighted by molar-refractivity contribution is 6.31. The highest BCUT2D eigenvalue weighted by atomic mass is 35.5. The summed E-state index contributed by atoms with van der Waals surface area (Å²) in [5, 5.41) is 0.768. The second kappa shape index (κ2) is 4.68. The lowest BCUT2D eigenvalue weighted by Crippen LogP contribution is -2.08. The van der Waals surface area contributed by atoms with Crippen molar-refractivity contribution < 1.29 is 0 Å². The summed E-state index contributed by atoms with van der Waals surface area (Å²) in [4.78, 5) is 4.27. The van der Waals surface area contributed by atoms with Crippen LogP contribution >= 0.6 is 11.6 Å². The standard InChI is InChI=1S/C12H14ClN3/c1-9-2-3-10(8-11(9)13)16-7-6-15-12(16)4-5-14/h2-3,6-8H,4-5,14H2,1H3. The SMILES string of the molecule is Cc1ccc(-n2ccnc2CCN)cc1Cl. The monoisotopic (exact) mass is 235 g/mol. The lowest BCUT2D eigenvalue weighted by molar-refractivity contribution is 0.837. The molecule has 0 amide bonds. The van der Waals surface area contributed by atoms with Crippen LogP contribution in [0.2, 0.25) is 5.02 Å². The molecule has 0 unspecified atom stereocenters. The van der Waals surface area contributed by atoms with Gasteiger partial charge in [-0.3, -0.25) is 0 Å². The van der Waals surface area contributed by atoms with Crippen molar-refractivity contribution >= 4 is 11.6 Å². The van der Waals surface area contributed by atoms with Crippen molar-refractivity contribution in [1.29, 1.82) is 0 Å². The summed E-state index contributed by atoms with van der Waals surface area (Å²) < 4.78 is 2.01. The van der Waals surface area contributed by atoms with E-state index >= 15 is 0 Å². The van der Waals surface area contributed by atoms with Gasteiger partial charge in [-0.1, -0.05) is 17.7 Å². The average Bonchev–Trinajstić information content (AvgIpc) is 2.71. The largest absolute Gasteiger partial charge is 0.330 e. The molecule has 4 heteroatoms. The summed E-state index contributed by atoms with van der Waals surface area (Å²) in [6.45, 7) is 2.58. The Hall–Kier alpha value is -1.32. The highest BCUT2D eigenvalue weighted by Gasteiger charge is 2.05. The van der Waals surface area contributed by atoms with Gasteiger partial charge in [0.25, 0.3) is 0 Å². The molecule has 2 aromatic rings. The van der Waals surface area contributed by atoms with Crippen molar-refractivity contribution in [1.82, 2.24) is 9.55 Å². The molecule has 0 radical (unpaired) electrons. The van der Waals surface area contributed by atoms with Gasteiger partial charge >= 0.3 is 0 Å². The summed E-state index contributed by atoms with van der Waals surface area (Å²) in [7, 11) is 0. The minimum absolute atomic E-state index is 0.594. The fourth-order valence-electron chi connectivity index (χ4n) is 1.62. The molecule has 0 aliphatic heterocycles. The molecule has 0 saturated heterocycles. The third-order valence-corrected chi connectivity index (χ3v) is 2.93. The molecule has 0 spiro atoms. The molecular weight excluding hydrogens is 222 g/mol. The quantitative estimate of drug-likeness (QED) is 0.888. The first-order chi connectivity index (χ1) is 7.72. The number of nitrogens with two attached hydrogens (primary N) is 1. The van der Waals surface area contributed by atoms with E-state index in [1.54, 1.807) is 6.20 Å². The van der Waals surface area contributed by atoms with E-state index < -0.39 is 0 Å². The molecule has 1 heterocycles. The van der Waals surface area contributed by atoms with E-state index in [1.165, 1.54) is 0 Å². The van der Waals surface area contributed by atoms with E-state index in [-0.39, 0.29) is 0 Å². The van der Waals surface area contributed by atoms with Gasteiger partial charge < -0.3 is 10.3 Å². The summed E-state index contributed by atoms with van der Waals surface area (Å²) in [6.07, 6.45) is 4.46. The Labute approximate surface area is 99.9 Å². The van der Waals surface area contributed by atoms with Gasteiger partial charge in [0.2, 0.25) is 0 Å². The van der Waals surface area contributed by atoms with Crippen LogP contribution in [0.3, 0.4) is 0 Å². The van der Waals surface area contributed by atoms with Gasteiger partial charge in [-0.15, -0.1) is 0 Å². The predicted octanol–water partition coefficient (Wildman–Crippen LogP) is 2.34.